The van der Waals surface area contributed by atoms with Gasteiger partial charge in [-0.2, -0.15) is 0 Å². The number of unbranched alkanes of at least 4 members (excludes halogenated alkanes) is 2. The van der Waals surface area contributed by atoms with Crippen LogP contribution in [0, 0.1) is 35.0 Å². The van der Waals surface area contributed by atoms with Gasteiger partial charge in [0.1, 0.15) is 5.78 Å². The van der Waals surface area contributed by atoms with E-state index in [4.69, 9.17) is 4.74 Å². The molecule has 2 heterocycles. The van der Waals surface area contributed by atoms with Crippen molar-refractivity contribution in [2.45, 2.75) is 135 Å². The zero-order valence-corrected chi connectivity index (χ0v) is 31.8. The van der Waals surface area contributed by atoms with E-state index < -0.39 is 0 Å². The Hall–Kier alpha value is -2.77. The van der Waals surface area contributed by atoms with Crippen molar-refractivity contribution in [3.8, 4) is 0 Å². The lowest BCUT2D eigenvalue weighted by atomic mass is 9.57. The number of benzene rings is 1. The van der Waals surface area contributed by atoms with E-state index in [1.165, 1.54) is 24.0 Å². The molecule has 2 amide bonds. The molecule has 7 nitrogen and oxygen atoms in total. The highest BCUT2D eigenvalue weighted by atomic mass is 16.5. The average molecular weight is 698 g/mol. The van der Waals surface area contributed by atoms with E-state index in [2.05, 4.69) is 61.4 Å². The van der Waals surface area contributed by atoms with Crippen molar-refractivity contribution in [1.29, 1.82) is 0 Å². The molecule has 2 N–H and O–H groups in total. The highest BCUT2D eigenvalue weighted by molar-refractivity contribution is 5.82. The number of hydrogen-bond donors (Lipinski definition) is 2. The molecule has 278 valence electrons. The lowest BCUT2D eigenvalue weighted by Gasteiger charge is -2.47. The first-order valence-corrected chi connectivity index (χ1v) is 20.5. The Morgan fingerprint density at radius 3 is 2.61 bits per heavy atom. The summed E-state index contributed by atoms with van der Waals surface area (Å²) in [5.41, 5.74) is 5.87. The molecule has 6 aliphatic rings. The Bertz CT molecular complexity index is 1520. The summed E-state index contributed by atoms with van der Waals surface area (Å²) >= 11 is 0. The fraction of sp³-hybridized carbons (Fsp3) is 0.705. The standard InChI is InChI=1S/C44H63N3O4/c1-29-25-39-42(47(28-29)24-23-46-40(49)13-9-6-10-22-45-41(50)17-14-32-11-7-5-8-12-32)31(3)44(51-39)21-19-35-36-16-15-33-26-34(48)18-20-43(33,4)38(36)27-37(35)30(44)2/h5,7-8,11-12,15,29,31,35-36,38-39,42H,6,9-10,13-14,16-28H2,1-4H3,(H,45,50)(H,46,49)/t29?,31-,35+,36+,38+,39-,42+,43+,44?/m1/s1. The first-order chi connectivity index (χ1) is 24.6. The number of ketones is 1. The maximum absolute atomic E-state index is 12.8. The molecule has 2 unspecified atom stereocenters. The molecule has 2 saturated heterocycles. The quantitative estimate of drug-likeness (QED) is 0.176. The summed E-state index contributed by atoms with van der Waals surface area (Å²) in [5.74, 6) is 3.68. The topological polar surface area (TPSA) is 87.7 Å². The normalized spacial score (nSPS) is 35.9. The van der Waals surface area contributed by atoms with Gasteiger partial charge in [0.2, 0.25) is 11.8 Å². The van der Waals surface area contributed by atoms with E-state index >= 15 is 0 Å². The molecular weight excluding hydrogens is 635 g/mol. The minimum absolute atomic E-state index is 0.0962. The van der Waals surface area contributed by atoms with Crippen molar-refractivity contribution in [1.82, 2.24) is 15.5 Å². The van der Waals surface area contributed by atoms with Gasteiger partial charge in [0.15, 0.2) is 0 Å². The van der Waals surface area contributed by atoms with Gasteiger partial charge in [-0.3, -0.25) is 19.3 Å². The summed E-state index contributed by atoms with van der Waals surface area (Å²) < 4.78 is 7.32. The molecule has 0 aromatic heterocycles. The summed E-state index contributed by atoms with van der Waals surface area (Å²) in [6.45, 7) is 13.0. The zero-order chi connectivity index (χ0) is 35.8. The number of piperidine rings is 1. The number of aryl methyl sites for hydroxylation is 1. The van der Waals surface area contributed by atoms with Crippen LogP contribution in [-0.2, 0) is 25.5 Å². The van der Waals surface area contributed by atoms with Crippen LogP contribution in [0.3, 0.4) is 0 Å². The number of nitrogens with one attached hydrogen (secondary N) is 2. The number of Topliss-reactive ketones (excluding diaryl/α,β-unsaturated/α-hetero) is 1. The Kier molecular flexibility index (Phi) is 11.0. The number of fused-ring (bicyclic) bond motifs is 6. The Morgan fingerprint density at radius 1 is 1.00 bits per heavy atom. The lowest BCUT2D eigenvalue weighted by Crippen LogP contribution is -2.54. The number of ether oxygens (including phenoxy) is 1. The van der Waals surface area contributed by atoms with Crippen molar-refractivity contribution >= 4 is 17.6 Å². The smallest absolute Gasteiger partial charge is 0.220 e. The van der Waals surface area contributed by atoms with Crippen LogP contribution in [-0.4, -0.2) is 66.4 Å². The van der Waals surface area contributed by atoms with Gasteiger partial charge >= 0.3 is 0 Å². The van der Waals surface area contributed by atoms with Gasteiger partial charge in [0.05, 0.1) is 11.7 Å². The first-order valence-electron chi connectivity index (χ1n) is 20.5. The van der Waals surface area contributed by atoms with Crippen LogP contribution in [0.5, 0.6) is 0 Å². The fourth-order valence-corrected chi connectivity index (χ4v) is 11.8. The van der Waals surface area contributed by atoms with Crippen LogP contribution < -0.4 is 10.6 Å². The van der Waals surface area contributed by atoms with Crippen LogP contribution in [0.1, 0.15) is 117 Å². The zero-order valence-electron chi connectivity index (χ0n) is 31.8. The van der Waals surface area contributed by atoms with Gasteiger partial charge in [0.25, 0.3) is 0 Å². The number of amides is 2. The Balaban J connectivity index is 0.881. The number of rotatable bonds is 12. The molecular formula is C44H63N3O4. The third kappa shape index (κ3) is 7.28. The van der Waals surface area contributed by atoms with Crippen molar-refractivity contribution < 1.29 is 19.1 Å². The maximum Gasteiger partial charge on any atom is 0.220 e. The summed E-state index contributed by atoms with van der Waals surface area (Å²) in [7, 11) is 0. The van der Waals surface area contributed by atoms with E-state index in [0.717, 1.165) is 70.9 Å². The second kappa shape index (κ2) is 15.3. The molecule has 2 aliphatic heterocycles. The number of carbonyl (C=O) groups is 3. The number of likely N-dealkylation sites (tertiary alicyclic amines) is 1. The molecule has 51 heavy (non-hydrogen) atoms. The van der Waals surface area contributed by atoms with Gasteiger partial charge in [0, 0.05) is 63.8 Å². The molecule has 9 atom stereocenters. The SMILES string of the molecule is CC1=C2C[C@H]3[C@@H](CC=C4CC(=O)CC[C@@]43C)[C@@H]2CCC12O[C@@H]1CC(C)CN(CCNC(=O)CCCCCNC(=O)CCc3ccccc3)[C@H]1[C@H]2C. The van der Waals surface area contributed by atoms with Crippen molar-refractivity contribution in [3.05, 3.63) is 58.7 Å². The number of hydrogen-bond acceptors (Lipinski definition) is 5. The van der Waals surface area contributed by atoms with Crippen LogP contribution in [0.4, 0.5) is 0 Å². The summed E-state index contributed by atoms with van der Waals surface area (Å²) in [6, 6.07) is 10.5. The molecule has 4 aliphatic carbocycles. The van der Waals surface area contributed by atoms with Crippen molar-refractivity contribution in [2.24, 2.45) is 35.0 Å². The number of nitrogens with zero attached hydrogens (tertiary/aromatic N) is 1. The summed E-state index contributed by atoms with van der Waals surface area (Å²) in [6.07, 6.45) is 15.4. The minimum atomic E-state index is -0.179. The van der Waals surface area contributed by atoms with Gasteiger partial charge in [-0.05, 0) is 105 Å². The molecule has 7 heteroatoms. The van der Waals surface area contributed by atoms with Crippen LogP contribution >= 0.6 is 0 Å². The summed E-state index contributed by atoms with van der Waals surface area (Å²) in [4.78, 5) is 40.0. The van der Waals surface area contributed by atoms with Crippen LogP contribution in [0.15, 0.2) is 53.1 Å². The van der Waals surface area contributed by atoms with Crippen molar-refractivity contribution in [3.63, 3.8) is 0 Å². The highest BCUT2D eigenvalue weighted by Crippen LogP contribution is 2.65. The molecule has 2 saturated carbocycles. The van der Waals surface area contributed by atoms with E-state index in [-0.39, 0.29) is 28.9 Å². The molecule has 4 fully saturated rings. The number of carbonyl (C=O) groups excluding carboxylic acids is 3. The summed E-state index contributed by atoms with van der Waals surface area (Å²) in [5, 5.41) is 6.25. The molecule has 1 aromatic rings. The van der Waals surface area contributed by atoms with E-state index in [0.29, 0.717) is 73.8 Å². The number of allylic oxidation sites excluding steroid dienone is 3. The monoisotopic (exact) mass is 697 g/mol. The van der Waals surface area contributed by atoms with Gasteiger partial charge < -0.3 is 15.4 Å². The van der Waals surface area contributed by atoms with Gasteiger partial charge in [-0.1, -0.05) is 74.7 Å². The molecule has 1 spiro atoms. The van der Waals surface area contributed by atoms with Crippen LogP contribution in [0.2, 0.25) is 0 Å². The van der Waals surface area contributed by atoms with Gasteiger partial charge in [-0.25, -0.2) is 0 Å². The lowest BCUT2D eigenvalue weighted by molar-refractivity contribution is -0.122. The third-order valence-corrected chi connectivity index (χ3v) is 14.6. The first kappa shape index (κ1) is 36.6. The highest BCUT2D eigenvalue weighted by Gasteiger charge is 2.61. The molecule has 1 aromatic carbocycles. The molecule has 0 radical (unpaired) electrons. The predicted octanol–water partition coefficient (Wildman–Crippen LogP) is 7.35. The largest absolute Gasteiger partial charge is 0.365 e. The second-order valence-electron chi connectivity index (χ2n) is 17.5. The fourth-order valence-electron chi connectivity index (χ4n) is 11.8. The molecule has 7 rings (SSSR count). The minimum Gasteiger partial charge on any atom is -0.365 e. The van der Waals surface area contributed by atoms with E-state index in [1.807, 2.05) is 18.2 Å². The van der Waals surface area contributed by atoms with Crippen LogP contribution in [0.25, 0.3) is 0 Å². The van der Waals surface area contributed by atoms with Crippen molar-refractivity contribution in [2.75, 3.05) is 26.2 Å². The second-order valence-corrected chi connectivity index (χ2v) is 17.5. The van der Waals surface area contributed by atoms with E-state index in [9.17, 15) is 14.4 Å². The van der Waals surface area contributed by atoms with E-state index in [1.54, 1.807) is 11.1 Å². The average Bonchev–Trinajstić information content (AvgIpc) is 3.64. The molecule has 0 bridgehead atoms. The Labute approximate surface area is 306 Å². The predicted molar refractivity (Wildman–Crippen MR) is 202 cm³/mol. The Morgan fingerprint density at radius 2 is 1.78 bits per heavy atom. The van der Waals surface area contributed by atoms with Gasteiger partial charge in [-0.15, -0.1) is 0 Å². The third-order valence-electron chi connectivity index (χ3n) is 14.6. The maximum atomic E-state index is 12.8.